The van der Waals surface area contributed by atoms with Crippen LogP contribution >= 0.6 is 11.6 Å². The molecule has 0 N–H and O–H groups in total. The van der Waals surface area contributed by atoms with Gasteiger partial charge in [0.25, 0.3) is 5.91 Å². The summed E-state index contributed by atoms with van der Waals surface area (Å²) < 4.78 is 5.52. The molecule has 0 bridgehead atoms. The van der Waals surface area contributed by atoms with Crippen molar-refractivity contribution in [2.75, 3.05) is 38.2 Å². The van der Waals surface area contributed by atoms with Crippen molar-refractivity contribution >= 4 is 23.3 Å². The molecule has 0 aliphatic carbocycles. The monoisotopic (exact) mass is 399 g/mol. The fraction of sp³-hybridized carbons (Fsp3) is 0.455. The molecule has 0 radical (unpaired) electrons. The molecule has 2 fully saturated rings. The zero-order valence-corrected chi connectivity index (χ0v) is 17.0. The van der Waals surface area contributed by atoms with Crippen LogP contribution in [-0.2, 0) is 0 Å². The second-order valence-electron chi connectivity index (χ2n) is 7.56. The predicted octanol–water partition coefficient (Wildman–Crippen LogP) is 4.36. The number of carbonyl (C=O) groups excluding carboxylic acids is 1. The molecule has 1 unspecified atom stereocenters. The highest BCUT2D eigenvalue weighted by Crippen LogP contribution is 2.36. The number of anilines is 1. The maximum absolute atomic E-state index is 12.7. The SMILES string of the molecule is COc1ccccc1C1CCN(c2ncc(C(=O)N3CCCCC3)cc2Cl)C1. The Morgan fingerprint density at radius 1 is 1.18 bits per heavy atom. The summed E-state index contributed by atoms with van der Waals surface area (Å²) in [5, 5.41) is 0.545. The summed E-state index contributed by atoms with van der Waals surface area (Å²) in [7, 11) is 1.71. The van der Waals surface area contributed by atoms with Crippen molar-refractivity contribution < 1.29 is 9.53 Å². The van der Waals surface area contributed by atoms with Crippen molar-refractivity contribution in [1.29, 1.82) is 0 Å². The van der Waals surface area contributed by atoms with Crippen LogP contribution in [-0.4, -0.2) is 49.1 Å². The Hall–Kier alpha value is -2.27. The van der Waals surface area contributed by atoms with Gasteiger partial charge in [0.2, 0.25) is 0 Å². The average Bonchev–Trinajstić information content (AvgIpc) is 3.23. The van der Waals surface area contributed by atoms with E-state index in [1.807, 2.05) is 23.1 Å². The lowest BCUT2D eigenvalue weighted by atomic mass is 9.97. The van der Waals surface area contributed by atoms with Crippen LogP contribution in [0.1, 0.15) is 47.5 Å². The van der Waals surface area contributed by atoms with Gasteiger partial charge in [0, 0.05) is 38.3 Å². The van der Waals surface area contributed by atoms with E-state index in [4.69, 9.17) is 16.3 Å². The van der Waals surface area contributed by atoms with Crippen LogP contribution in [0.15, 0.2) is 36.5 Å². The second kappa shape index (κ2) is 8.39. The zero-order valence-electron chi connectivity index (χ0n) is 16.2. The largest absolute Gasteiger partial charge is 0.496 e. The molecule has 0 saturated carbocycles. The molecule has 5 nitrogen and oxygen atoms in total. The van der Waals surface area contributed by atoms with Gasteiger partial charge < -0.3 is 14.5 Å². The molecule has 1 aromatic heterocycles. The summed E-state index contributed by atoms with van der Waals surface area (Å²) in [5.74, 6) is 2.10. The van der Waals surface area contributed by atoms with Gasteiger partial charge in [-0.25, -0.2) is 4.98 Å². The molecule has 6 heteroatoms. The van der Waals surface area contributed by atoms with Gasteiger partial charge in [0.05, 0.1) is 17.7 Å². The first-order chi connectivity index (χ1) is 13.7. The Balaban J connectivity index is 1.48. The van der Waals surface area contributed by atoms with E-state index >= 15 is 0 Å². The minimum atomic E-state index is 0.0361. The highest BCUT2D eigenvalue weighted by molar-refractivity contribution is 6.33. The van der Waals surface area contributed by atoms with Gasteiger partial charge in [-0.15, -0.1) is 0 Å². The lowest BCUT2D eigenvalue weighted by Gasteiger charge is -2.27. The van der Waals surface area contributed by atoms with Gasteiger partial charge in [-0.05, 0) is 43.4 Å². The van der Waals surface area contributed by atoms with E-state index in [1.165, 1.54) is 12.0 Å². The summed E-state index contributed by atoms with van der Waals surface area (Å²) in [4.78, 5) is 21.4. The third-order valence-electron chi connectivity index (χ3n) is 5.78. The number of aromatic nitrogens is 1. The summed E-state index contributed by atoms with van der Waals surface area (Å²) in [6, 6.07) is 9.95. The fourth-order valence-corrected chi connectivity index (χ4v) is 4.56. The number of nitrogens with zero attached hydrogens (tertiary/aromatic N) is 3. The van der Waals surface area contributed by atoms with Crippen LogP contribution in [0.2, 0.25) is 5.02 Å². The molecule has 2 aliphatic heterocycles. The second-order valence-corrected chi connectivity index (χ2v) is 7.96. The molecule has 1 atom stereocenters. The van der Waals surface area contributed by atoms with Crippen LogP contribution in [0.5, 0.6) is 5.75 Å². The van der Waals surface area contributed by atoms with Crippen molar-refractivity contribution in [2.24, 2.45) is 0 Å². The number of pyridine rings is 1. The van der Waals surface area contributed by atoms with E-state index in [0.29, 0.717) is 16.5 Å². The summed E-state index contributed by atoms with van der Waals surface area (Å²) in [6.07, 6.45) is 6.04. The van der Waals surface area contributed by atoms with Crippen LogP contribution in [0, 0.1) is 0 Å². The number of likely N-dealkylation sites (tertiary alicyclic amines) is 1. The highest BCUT2D eigenvalue weighted by atomic mass is 35.5. The maximum atomic E-state index is 12.7. The Morgan fingerprint density at radius 2 is 1.96 bits per heavy atom. The number of hydrogen-bond donors (Lipinski definition) is 0. The Bertz CT molecular complexity index is 851. The molecular weight excluding hydrogens is 374 g/mol. The number of benzene rings is 1. The Labute approximate surface area is 171 Å². The predicted molar refractivity (Wildman–Crippen MR) is 112 cm³/mol. The number of halogens is 1. The quantitative estimate of drug-likeness (QED) is 0.766. The maximum Gasteiger partial charge on any atom is 0.255 e. The lowest BCUT2D eigenvalue weighted by Crippen LogP contribution is -2.35. The number of para-hydroxylation sites is 1. The minimum absolute atomic E-state index is 0.0361. The van der Waals surface area contributed by atoms with E-state index in [0.717, 1.165) is 57.0 Å². The Kier molecular flexibility index (Phi) is 5.72. The third-order valence-corrected chi connectivity index (χ3v) is 6.06. The topological polar surface area (TPSA) is 45.7 Å². The number of carbonyl (C=O) groups is 1. The molecule has 3 heterocycles. The van der Waals surface area contributed by atoms with Crippen molar-refractivity contribution in [3.8, 4) is 5.75 Å². The van der Waals surface area contributed by atoms with E-state index in [2.05, 4.69) is 16.0 Å². The first kappa shape index (κ1) is 19.1. The molecule has 2 aliphatic rings. The zero-order chi connectivity index (χ0) is 19.5. The van der Waals surface area contributed by atoms with Crippen molar-refractivity contribution in [3.63, 3.8) is 0 Å². The number of methoxy groups -OCH3 is 1. The number of rotatable bonds is 4. The number of hydrogen-bond acceptors (Lipinski definition) is 4. The van der Waals surface area contributed by atoms with Crippen LogP contribution in [0.25, 0.3) is 0 Å². The molecule has 2 saturated heterocycles. The van der Waals surface area contributed by atoms with E-state index in [9.17, 15) is 4.79 Å². The molecule has 2 aromatic rings. The van der Waals surface area contributed by atoms with E-state index < -0.39 is 0 Å². The summed E-state index contributed by atoms with van der Waals surface area (Å²) in [6.45, 7) is 3.37. The minimum Gasteiger partial charge on any atom is -0.496 e. The fourth-order valence-electron chi connectivity index (χ4n) is 4.27. The third kappa shape index (κ3) is 3.81. The molecule has 28 heavy (non-hydrogen) atoms. The van der Waals surface area contributed by atoms with Gasteiger partial charge in [0.15, 0.2) is 0 Å². The molecule has 0 spiro atoms. The number of ether oxygens (including phenoxy) is 1. The van der Waals surface area contributed by atoms with Crippen molar-refractivity contribution in [1.82, 2.24) is 9.88 Å². The van der Waals surface area contributed by atoms with Crippen molar-refractivity contribution in [2.45, 2.75) is 31.6 Å². The molecule has 1 aromatic carbocycles. The number of piperidine rings is 1. The van der Waals surface area contributed by atoms with Gasteiger partial charge in [-0.1, -0.05) is 29.8 Å². The standard InChI is InChI=1S/C22H26ClN3O2/c1-28-20-8-4-3-7-18(20)16-9-12-26(15-16)21-19(23)13-17(14-24-21)22(27)25-10-5-2-6-11-25/h3-4,7-8,13-14,16H,2,5-6,9-12,15H2,1H3. The summed E-state index contributed by atoms with van der Waals surface area (Å²) >= 11 is 6.55. The van der Waals surface area contributed by atoms with Gasteiger partial charge in [-0.2, -0.15) is 0 Å². The van der Waals surface area contributed by atoms with Crippen LogP contribution < -0.4 is 9.64 Å². The van der Waals surface area contributed by atoms with Gasteiger partial charge in [0.1, 0.15) is 11.6 Å². The van der Waals surface area contributed by atoms with Crippen LogP contribution in [0.3, 0.4) is 0 Å². The Morgan fingerprint density at radius 3 is 2.71 bits per heavy atom. The first-order valence-electron chi connectivity index (χ1n) is 10.00. The lowest BCUT2D eigenvalue weighted by molar-refractivity contribution is 0.0724. The van der Waals surface area contributed by atoms with Gasteiger partial charge in [-0.3, -0.25) is 4.79 Å². The van der Waals surface area contributed by atoms with E-state index in [1.54, 1.807) is 19.4 Å². The van der Waals surface area contributed by atoms with Crippen LogP contribution in [0.4, 0.5) is 5.82 Å². The molecular formula is C22H26ClN3O2. The first-order valence-corrected chi connectivity index (χ1v) is 10.4. The molecule has 1 amide bonds. The van der Waals surface area contributed by atoms with Gasteiger partial charge >= 0.3 is 0 Å². The summed E-state index contributed by atoms with van der Waals surface area (Å²) in [5.41, 5.74) is 1.80. The smallest absolute Gasteiger partial charge is 0.255 e. The molecule has 148 valence electrons. The number of amides is 1. The van der Waals surface area contributed by atoms with E-state index in [-0.39, 0.29) is 5.91 Å². The normalized spacial score (nSPS) is 19.7. The molecule has 4 rings (SSSR count). The van der Waals surface area contributed by atoms with Crippen molar-refractivity contribution in [3.05, 3.63) is 52.7 Å². The highest BCUT2D eigenvalue weighted by Gasteiger charge is 2.28. The average molecular weight is 400 g/mol.